The van der Waals surface area contributed by atoms with E-state index in [4.69, 9.17) is 0 Å². The second kappa shape index (κ2) is 5.38. The second-order valence-electron chi connectivity index (χ2n) is 5.76. The van der Waals surface area contributed by atoms with Gasteiger partial charge in [-0.05, 0) is 49.5 Å². The van der Waals surface area contributed by atoms with Gasteiger partial charge in [0.15, 0.2) is 0 Å². The van der Waals surface area contributed by atoms with Gasteiger partial charge in [0.25, 0.3) is 0 Å². The highest BCUT2D eigenvalue weighted by molar-refractivity contribution is 5.71. The number of amides is 1. The maximum atomic E-state index is 10.8. The van der Waals surface area contributed by atoms with Crippen LogP contribution in [0.3, 0.4) is 0 Å². The first-order chi connectivity index (χ1) is 9.69. The summed E-state index contributed by atoms with van der Waals surface area (Å²) >= 11 is 0. The second-order valence-corrected chi connectivity index (χ2v) is 5.76. The Labute approximate surface area is 119 Å². The molecule has 2 N–H and O–H groups in total. The van der Waals surface area contributed by atoms with E-state index >= 15 is 0 Å². The molecule has 0 radical (unpaired) electrons. The van der Waals surface area contributed by atoms with E-state index in [0.717, 1.165) is 43.7 Å². The third-order valence-corrected chi connectivity index (χ3v) is 4.47. The van der Waals surface area contributed by atoms with Crippen molar-refractivity contribution in [2.75, 3.05) is 25.0 Å². The molecule has 1 aromatic rings. The smallest absolute Gasteiger partial charge is 0.211 e. The number of benzene rings is 1. The SMILES string of the molecule is O=CNc1ccc(/C=C/C2(O)CN3CCC2CC3)cc1. The molecule has 4 heteroatoms. The number of nitrogens with zero attached hydrogens (tertiary/aromatic N) is 1. The van der Waals surface area contributed by atoms with Gasteiger partial charge in [-0.1, -0.05) is 24.3 Å². The summed E-state index contributed by atoms with van der Waals surface area (Å²) < 4.78 is 0. The molecule has 1 unspecified atom stereocenters. The molecule has 1 atom stereocenters. The van der Waals surface area contributed by atoms with Crippen LogP contribution in [0.2, 0.25) is 0 Å². The van der Waals surface area contributed by atoms with Crippen molar-refractivity contribution in [2.45, 2.75) is 18.4 Å². The summed E-state index contributed by atoms with van der Waals surface area (Å²) in [6.45, 7) is 2.98. The van der Waals surface area contributed by atoms with Gasteiger partial charge >= 0.3 is 0 Å². The highest BCUT2D eigenvalue weighted by atomic mass is 16.3. The Morgan fingerprint density at radius 1 is 1.25 bits per heavy atom. The largest absolute Gasteiger partial charge is 0.384 e. The van der Waals surface area contributed by atoms with Gasteiger partial charge in [-0.2, -0.15) is 0 Å². The number of rotatable bonds is 4. The molecule has 1 aromatic carbocycles. The zero-order valence-corrected chi connectivity index (χ0v) is 11.5. The number of anilines is 1. The first-order valence-corrected chi connectivity index (χ1v) is 7.14. The van der Waals surface area contributed by atoms with E-state index in [0.29, 0.717) is 12.3 Å². The van der Waals surface area contributed by atoms with Gasteiger partial charge in [0, 0.05) is 12.2 Å². The fourth-order valence-corrected chi connectivity index (χ4v) is 3.27. The lowest BCUT2D eigenvalue weighted by Gasteiger charge is -2.49. The average Bonchev–Trinajstić information content (AvgIpc) is 2.48. The van der Waals surface area contributed by atoms with E-state index in [1.807, 2.05) is 36.4 Å². The first kappa shape index (κ1) is 13.3. The lowest BCUT2D eigenvalue weighted by molar-refractivity contribution is -0.105. The van der Waals surface area contributed by atoms with E-state index in [1.165, 1.54) is 0 Å². The van der Waals surface area contributed by atoms with Crippen molar-refractivity contribution < 1.29 is 9.90 Å². The standard InChI is InChI=1S/C16H20N2O2/c19-12-17-15-3-1-13(2-4-15)5-8-16(20)11-18-9-6-14(16)7-10-18/h1-5,8,12,14,20H,6-7,9-11H2,(H,17,19)/b8-5+. The molecule has 3 aliphatic heterocycles. The van der Waals surface area contributed by atoms with Crippen LogP contribution >= 0.6 is 0 Å². The van der Waals surface area contributed by atoms with Crippen LogP contribution in [0.25, 0.3) is 6.08 Å². The van der Waals surface area contributed by atoms with E-state index in [1.54, 1.807) is 0 Å². The number of piperidine rings is 3. The van der Waals surface area contributed by atoms with Crippen LogP contribution in [0.4, 0.5) is 5.69 Å². The van der Waals surface area contributed by atoms with Crippen molar-refractivity contribution in [1.82, 2.24) is 4.90 Å². The third kappa shape index (κ3) is 2.62. The molecule has 0 aromatic heterocycles. The number of hydrogen-bond donors (Lipinski definition) is 2. The summed E-state index contributed by atoms with van der Waals surface area (Å²) in [5.74, 6) is 0.389. The summed E-state index contributed by atoms with van der Waals surface area (Å²) in [6, 6.07) is 7.59. The molecule has 1 amide bonds. The average molecular weight is 272 g/mol. The molecule has 20 heavy (non-hydrogen) atoms. The lowest BCUT2D eigenvalue weighted by atomic mass is 9.75. The van der Waals surface area contributed by atoms with Crippen molar-refractivity contribution in [3.05, 3.63) is 35.9 Å². The molecule has 3 aliphatic rings. The molecule has 0 saturated carbocycles. The number of nitrogens with one attached hydrogen (secondary N) is 1. The summed E-state index contributed by atoms with van der Waals surface area (Å²) in [5.41, 5.74) is 1.13. The molecule has 4 rings (SSSR count). The monoisotopic (exact) mass is 272 g/mol. The van der Waals surface area contributed by atoms with Crippen molar-refractivity contribution in [3.63, 3.8) is 0 Å². The van der Waals surface area contributed by atoms with Gasteiger partial charge in [0.2, 0.25) is 6.41 Å². The first-order valence-electron chi connectivity index (χ1n) is 7.14. The van der Waals surface area contributed by atoms with E-state index in [2.05, 4.69) is 10.2 Å². The molecule has 0 aliphatic carbocycles. The molecule has 2 bridgehead atoms. The molecule has 3 saturated heterocycles. The summed E-state index contributed by atoms with van der Waals surface area (Å²) in [6.07, 6.45) is 6.77. The number of carbonyl (C=O) groups excluding carboxylic acids is 1. The Bertz CT molecular complexity index is 504. The molecule has 0 spiro atoms. The topological polar surface area (TPSA) is 52.6 Å². The maximum Gasteiger partial charge on any atom is 0.211 e. The third-order valence-electron chi connectivity index (χ3n) is 4.47. The molecule has 3 fully saturated rings. The van der Waals surface area contributed by atoms with E-state index in [-0.39, 0.29) is 0 Å². The van der Waals surface area contributed by atoms with E-state index in [9.17, 15) is 9.90 Å². The van der Waals surface area contributed by atoms with Gasteiger partial charge in [0.1, 0.15) is 0 Å². The van der Waals surface area contributed by atoms with Crippen molar-refractivity contribution in [2.24, 2.45) is 5.92 Å². The van der Waals surface area contributed by atoms with Crippen LogP contribution < -0.4 is 5.32 Å². The molecule has 4 nitrogen and oxygen atoms in total. The van der Waals surface area contributed by atoms with Gasteiger partial charge in [-0.25, -0.2) is 0 Å². The van der Waals surface area contributed by atoms with Crippen LogP contribution in [-0.2, 0) is 4.79 Å². The van der Waals surface area contributed by atoms with Gasteiger partial charge in [-0.15, -0.1) is 0 Å². The molecular weight excluding hydrogens is 252 g/mol. The zero-order chi connectivity index (χ0) is 14.0. The van der Waals surface area contributed by atoms with E-state index < -0.39 is 5.60 Å². The van der Waals surface area contributed by atoms with Crippen molar-refractivity contribution >= 4 is 18.2 Å². The van der Waals surface area contributed by atoms with Crippen LogP contribution in [0, 0.1) is 5.92 Å². The lowest BCUT2D eigenvalue weighted by Crippen LogP contribution is -2.58. The Hall–Kier alpha value is -1.65. The summed E-state index contributed by atoms with van der Waals surface area (Å²) in [5, 5.41) is 13.4. The van der Waals surface area contributed by atoms with Gasteiger partial charge < -0.3 is 15.3 Å². The highest BCUT2D eigenvalue weighted by Crippen LogP contribution is 2.36. The summed E-state index contributed by atoms with van der Waals surface area (Å²) in [7, 11) is 0. The Morgan fingerprint density at radius 2 is 1.95 bits per heavy atom. The molecule has 106 valence electrons. The van der Waals surface area contributed by atoms with Crippen molar-refractivity contribution in [3.8, 4) is 0 Å². The minimum absolute atomic E-state index is 0.389. The highest BCUT2D eigenvalue weighted by Gasteiger charge is 2.43. The number of hydrogen-bond acceptors (Lipinski definition) is 3. The predicted octanol–water partition coefficient (Wildman–Crippen LogP) is 1.72. The Morgan fingerprint density at radius 3 is 2.50 bits per heavy atom. The maximum absolute atomic E-state index is 10.8. The zero-order valence-electron chi connectivity index (χ0n) is 11.5. The minimum Gasteiger partial charge on any atom is -0.384 e. The van der Waals surface area contributed by atoms with Crippen LogP contribution in [0.15, 0.2) is 30.3 Å². The van der Waals surface area contributed by atoms with Crippen molar-refractivity contribution in [1.29, 1.82) is 0 Å². The normalized spacial score (nSPS) is 32.5. The quantitative estimate of drug-likeness (QED) is 0.821. The Balaban J connectivity index is 1.71. The fourth-order valence-electron chi connectivity index (χ4n) is 3.27. The summed E-state index contributed by atoms with van der Waals surface area (Å²) in [4.78, 5) is 12.7. The van der Waals surface area contributed by atoms with Gasteiger partial charge in [0.05, 0.1) is 5.60 Å². The predicted molar refractivity (Wildman–Crippen MR) is 79.3 cm³/mol. The number of fused-ring (bicyclic) bond motifs is 3. The van der Waals surface area contributed by atoms with Crippen LogP contribution in [0.5, 0.6) is 0 Å². The minimum atomic E-state index is -0.684. The van der Waals surface area contributed by atoms with Gasteiger partial charge in [-0.3, -0.25) is 4.79 Å². The number of carbonyl (C=O) groups is 1. The van der Waals surface area contributed by atoms with Crippen LogP contribution in [-0.4, -0.2) is 41.7 Å². The molecular formula is C16H20N2O2. The fraction of sp³-hybridized carbons (Fsp3) is 0.438. The van der Waals surface area contributed by atoms with Crippen LogP contribution in [0.1, 0.15) is 18.4 Å². The Kier molecular flexibility index (Phi) is 3.59. The molecule has 3 heterocycles. The number of aliphatic hydroxyl groups is 1.